The predicted octanol–water partition coefficient (Wildman–Crippen LogP) is 2.20. The van der Waals surface area contributed by atoms with Crippen molar-refractivity contribution in [2.45, 2.75) is 38.5 Å². The highest BCUT2D eigenvalue weighted by molar-refractivity contribution is 6.33. The van der Waals surface area contributed by atoms with Crippen molar-refractivity contribution < 1.29 is 4.74 Å². The van der Waals surface area contributed by atoms with Crippen molar-refractivity contribution in [3.8, 4) is 0 Å². The fourth-order valence-corrected chi connectivity index (χ4v) is 2.78. The molecule has 0 radical (unpaired) electrons. The number of nitrogens with two attached hydrogens (primary N) is 1. The van der Waals surface area contributed by atoms with Crippen LogP contribution in [0.1, 0.15) is 25.3 Å². The maximum absolute atomic E-state index is 6.36. The SMILES string of the molecule is COC1CCN(c2nccc(CN)c2Cl)C(C)C1. The van der Waals surface area contributed by atoms with Crippen molar-refractivity contribution >= 4 is 17.4 Å². The Kier molecular flexibility index (Phi) is 4.43. The third kappa shape index (κ3) is 2.60. The summed E-state index contributed by atoms with van der Waals surface area (Å²) in [6.07, 6.45) is 4.12. The van der Waals surface area contributed by atoms with Crippen molar-refractivity contribution in [2.24, 2.45) is 5.73 Å². The number of pyridine rings is 1. The molecule has 1 aromatic heterocycles. The monoisotopic (exact) mass is 269 g/mol. The molecule has 1 aliphatic heterocycles. The Hall–Kier alpha value is -0.840. The van der Waals surface area contributed by atoms with Gasteiger partial charge in [-0.2, -0.15) is 0 Å². The Morgan fingerprint density at radius 2 is 2.39 bits per heavy atom. The van der Waals surface area contributed by atoms with Crippen LogP contribution in [-0.4, -0.2) is 30.8 Å². The number of nitrogens with zero attached hydrogens (tertiary/aromatic N) is 2. The second kappa shape index (κ2) is 5.87. The first-order valence-electron chi connectivity index (χ1n) is 6.30. The summed E-state index contributed by atoms with van der Waals surface area (Å²) >= 11 is 6.36. The molecule has 0 bridgehead atoms. The third-order valence-corrected chi connectivity index (χ3v) is 4.02. The van der Waals surface area contributed by atoms with Crippen LogP contribution in [0, 0.1) is 0 Å². The number of aromatic nitrogens is 1. The average Bonchev–Trinajstić information content (AvgIpc) is 2.39. The first-order valence-corrected chi connectivity index (χ1v) is 6.68. The lowest BCUT2D eigenvalue weighted by molar-refractivity contribution is 0.0719. The number of piperidine rings is 1. The minimum atomic E-state index is 0.340. The fourth-order valence-electron chi connectivity index (χ4n) is 2.49. The van der Waals surface area contributed by atoms with Crippen molar-refractivity contribution in [2.75, 3.05) is 18.6 Å². The number of hydrogen-bond donors (Lipinski definition) is 1. The van der Waals surface area contributed by atoms with Gasteiger partial charge in [0.05, 0.1) is 11.1 Å². The van der Waals surface area contributed by atoms with E-state index in [0.717, 1.165) is 30.8 Å². The predicted molar refractivity (Wildman–Crippen MR) is 74.0 cm³/mol. The number of rotatable bonds is 3. The van der Waals surface area contributed by atoms with Gasteiger partial charge in [0.25, 0.3) is 0 Å². The third-order valence-electron chi connectivity index (χ3n) is 3.60. The molecule has 1 aliphatic rings. The first kappa shape index (κ1) is 13.6. The van der Waals surface area contributed by atoms with Gasteiger partial charge in [0.1, 0.15) is 5.82 Å². The molecule has 100 valence electrons. The first-order chi connectivity index (χ1) is 8.67. The number of ether oxygens (including phenoxy) is 1. The zero-order chi connectivity index (χ0) is 13.1. The van der Waals surface area contributed by atoms with Crippen LogP contribution in [0.4, 0.5) is 5.82 Å². The lowest BCUT2D eigenvalue weighted by atomic mass is 10.0. The molecule has 0 aliphatic carbocycles. The van der Waals surface area contributed by atoms with Crippen LogP contribution in [0.3, 0.4) is 0 Å². The van der Waals surface area contributed by atoms with Crippen molar-refractivity contribution in [1.29, 1.82) is 0 Å². The summed E-state index contributed by atoms with van der Waals surface area (Å²) in [5, 5.41) is 0.683. The molecule has 2 N–H and O–H groups in total. The zero-order valence-electron chi connectivity index (χ0n) is 10.9. The van der Waals surface area contributed by atoms with Gasteiger partial charge in [0, 0.05) is 32.4 Å². The van der Waals surface area contributed by atoms with Gasteiger partial charge in [0.2, 0.25) is 0 Å². The van der Waals surface area contributed by atoms with Crippen LogP contribution in [0.2, 0.25) is 5.02 Å². The summed E-state index contributed by atoms with van der Waals surface area (Å²) in [5.74, 6) is 0.849. The lowest BCUT2D eigenvalue weighted by Crippen LogP contribution is -2.43. The molecule has 0 saturated carbocycles. The maximum atomic E-state index is 6.36. The number of methoxy groups -OCH3 is 1. The van der Waals surface area contributed by atoms with Crippen LogP contribution in [-0.2, 0) is 11.3 Å². The van der Waals surface area contributed by atoms with E-state index in [1.165, 1.54) is 0 Å². The molecular formula is C13H20ClN3O. The number of hydrogen-bond acceptors (Lipinski definition) is 4. The van der Waals surface area contributed by atoms with Crippen molar-refractivity contribution in [1.82, 2.24) is 4.98 Å². The minimum absolute atomic E-state index is 0.340. The molecule has 1 aromatic rings. The molecule has 4 nitrogen and oxygen atoms in total. The van der Waals surface area contributed by atoms with E-state index in [1.807, 2.05) is 6.07 Å². The van der Waals surface area contributed by atoms with Gasteiger partial charge in [-0.05, 0) is 31.4 Å². The van der Waals surface area contributed by atoms with Gasteiger partial charge < -0.3 is 15.4 Å². The van der Waals surface area contributed by atoms with Gasteiger partial charge in [-0.25, -0.2) is 4.98 Å². The van der Waals surface area contributed by atoms with Crippen LogP contribution in [0.15, 0.2) is 12.3 Å². The average molecular weight is 270 g/mol. The summed E-state index contributed by atoms with van der Waals surface area (Å²) in [4.78, 5) is 6.66. The molecule has 0 aromatic carbocycles. The number of anilines is 1. The highest BCUT2D eigenvalue weighted by Gasteiger charge is 2.27. The summed E-state index contributed by atoms with van der Waals surface area (Å²) in [7, 11) is 1.77. The number of halogens is 1. The van der Waals surface area contributed by atoms with E-state index < -0.39 is 0 Å². The van der Waals surface area contributed by atoms with Gasteiger partial charge in [-0.15, -0.1) is 0 Å². The smallest absolute Gasteiger partial charge is 0.147 e. The van der Waals surface area contributed by atoms with E-state index in [-0.39, 0.29) is 0 Å². The van der Waals surface area contributed by atoms with E-state index in [1.54, 1.807) is 13.3 Å². The standard InChI is InChI=1S/C13H20ClN3O/c1-9-7-11(18-2)4-6-17(9)13-12(14)10(8-15)3-5-16-13/h3,5,9,11H,4,6-8,15H2,1-2H3. The molecule has 2 heterocycles. The van der Waals surface area contributed by atoms with Gasteiger partial charge >= 0.3 is 0 Å². The largest absolute Gasteiger partial charge is 0.381 e. The van der Waals surface area contributed by atoms with Crippen molar-refractivity contribution in [3.05, 3.63) is 22.8 Å². The van der Waals surface area contributed by atoms with E-state index in [9.17, 15) is 0 Å². The van der Waals surface area contributed by atoms with E-state index in [2.05, 4.69) is 16.8 Å². The van der Waals surface area contributed by atoms with E-state index >= 15 is 0 Å². The molecule has 0 spiro atoms. The molecule has 2 atom stereocenters. The van der Waals surface area contributed by atoms with Crippen LogP contribution < -0.4 is 10.6 Å². The quantitative estimate of drug-likeness (QED) is 0.914. The fraction of sp³-hybridized carbons (Fsp3) is 0.615. The zero-order valence-corrected chi connectivity index (χ0v) is 11.7. The van der Waals surface area contributed by atoms with Crippen LogP contribution in [0.25, 0.3) is 0 Å². The molecular weight excluding hydrogens is 250 g/mol. The molecule has 1 fully saturated rings. The highest BCUT2D eigenvalue weighted by Crippen LogP contribution is 2.31. The van der Waals surface area contributed by atoms with Gasteiger partial charge in [-0.1, -0.05) is 11.6 Å². The van der Waals surface area contributed by atoms with Crippen LogP contribution >= 0.6 is 11.6 Å². The van der Waals surface area contributed by atoms with Gasteiger partial charge in [-0.3, -0.25) is 0 Å². The molecule has 1 saturated heterocycles. The van der Waals surface area contributed by atoms with E-state index in [0.29, 0.717) is 23.7 Å². The molecule has 0 amide bonds. The topological polar surface area (TPSA) is 51.4 Å². The lowest BCUT2D eigenvalue weighted by Gasteiger charge is -2.38. The normalized spacial score (nSPS) is 24.3. The molecule has 2 unspecified atom stereocenters. The molecule has 2 rings (SSSR count). The Balaban J connectivity index is 2.22. The Morgan fingerprint density at radius 1 is 1.61 bits per heavy atom. The second-order valence-corrected chi connectivity index (χ2v) is 5.11. The summed E-state index contributed by atoms with van der Waals surface area (Å²) < 4.78 is 5.42. The Bertz CT molecular complexity index is 413. The summed E-state index contributed by atoms with van der Waals surface area (Å²) in [5.41, 5.74) is 6.62. The minimum Gasteiger partial charge on any atom is -0.381 e. The summed E-state index contributed by atoms with van der Waals surface area (Å²) in [6, 6.07) is 2.25. The maximum Gasteiger partial charge on any atom is 0.147 e. The Morgan fingerprint density at radius 3 is 3.00 bits per heavy atom. The van der Waals surface area contributed by atoms with Gasteiger partial charge in [0.15, 0.2) is 0 Å². The Labute approximate surface area is 113 Å². The van der Waals surface area contributed by atoms with Crippen LogP contribution in [0.5, 0.6) is 0 Å². The summed E-state index contributed by atoms with van der Waals surface area (Å²) in [6.45, 7) is 3.54. The molecule has 5 heteroatoms. The van der Waals surface area contributed by atoms with E-state index in [4.69, 9.17) is 22.1 Å². The second-order valence-electron chi connectivity index (χ2n) is 4.74. The highest BCUT2D eigenvalue weighted by atomic mass is 35.5. The van der Waals surface area contributed by atoms with Crippen molar-refractivity contribution in [3.63, 3.8) is 0 Å². The molecule has 18 heavy (non-hydrogen) atoms.